The molecule has 3 atom stereocenters. The molecule has 0 aliphatic heterocycles. The number of likely N-dealkylation sites (N-methyl/N-ethyl adjacent to an activating group) is 1. The van der Waals surface area contributed by atoms with Gasteiger partial charge in [-0.25, -0.2) is 0 Å². The predicted octanol–water partition coefficient (Wildman–Crippen LogP) is 20.3. The molecule has 0 spiro atoms. The number of amides is 1. The molecule has 0 aromatic carbocycles. The highest BCUT2D eigenvalue weighted by Crippen LogP contribution is 2.38. The van der Waals surface area contributed by atoms with Crippen LogP contribution in [0.1, 0.15) is 278 Å². The zero-order chi connectivity index (χ0) is 59.3. The van der Waals surface area contributed by atoms with Crippen LogP contribution in [0.15, 0.2) is 109 Å². The first kappa shape index (κ1) is 77.7. The van der Waals surface area contributed by atoms with Gasteiger partial charge < -0.3 is 28.5 Å². The van der Waals surface area contributed by atoms with Gasteiger partial charge in [-0.05, 0) is 96.0 Å². The number of carbonyl (C=O) groups excluding carboxylic acids is 2. The van der Waals surface area contributed by atoms with Crippen molar-refractivity contribution in [2.75, 3.05) is 40.9 Å². The van der Waals surface area contributed by atoms with Crippen molar-refractivity contribution in [2.24, 2.45) is 0 Å². The van der Waals surface area contributed by atoms with Crippen molar-refractivity contribution in [3.63, 3.8) is 0 Å². The van der Waals surface area contributed by atoms with Crippen LogP contribution in [-0.4, -0.2) is 69.4 Å². The van der Waals surface area contributed by atoms with Crippen LogP contribution in [-0.2, 0) is 27.9 Å². The lowest BCUT2D eigenvalue weighted by Crippen LogP contribution is -2.47. The molecular formula is C71H125N2O7P. The Bertz CT molecular complexity index is 1750. The molecule has 0 heterocycles. The van der Waals surface area contributed by atoms with Gasteiger partial charge in [-0.15, -0.1) is 0 Å². The number of quaternary nitrogens is 1. The monoisotopic (exact) mass is 1150 g/mol. The molecule has 0 aromatic heterocycles. The van der Waals surface area contributed by atoms with Gasteiger partial charge in [0.25, 0.3) is 7.82 Å². The molecule has 0 radical (unpaired) electrons. The number of carbonyl (C=O) groups is 2. The Balaban J connectivity index is 5.12. The number of unbranched alkanes of at least 4 members (excludes halogenated alkanes) is 29. The third-order valence-corrected chi connectivity index (χ3v) is 15.2. The van der Waals surface area contributed by atoms with E-state index in [0.29, 0.717) is 17.4 Å². The number of rotatable bonds is 59. The summed E-state index contributed by atoms with van der Waals surface area (Å²) in [4.78, 5) is 40.1. The zero-order valence-electron chi connectivity index (χ0n) is 53.2. The van der Waals surface area contributed by atoms with E-state index in [-0.39, 0.29) is 24.9 Å². The molecule has 466 valence electrons. The molecule has 0 saturated heterocycles. The smallest absolute Gasteiger partial charge is 0.306 e. The van der Waals surface area contributed by atoms with Crippen molar-refractivity contribution in [2.45, 2.75) is 290 Å². The fraction of sp³-hybridized carbons (Fsp3) is 0.718. The van der Waals surface area contributed by atoms with E-state index in [0.717, 1.165) is 122 Å². The van der Waals surface area contributed by atoms with Crippen molar-refractivity contribution in [3.8, 4) is 0 Å². The number of esters is 1. The highest BCUT2D eigenvalue weighted by molar-refractivity contribution is 7.45. The van der Waals surface area contributed by atoms with Crippen molar-refractivity contribution in [1.82, 2.24) is 5.32 Å². The number of hydrogen-bond acceptors (Lipinski definition) is 7. The van der Waals surface area contributed by atoms with E-state index in [1.807, 2.05) is 33.3 Å². The molecule has 0 aliphatic carbocycles. The van der Waals surface area contributed by atoms with Crippen molar-refractivity contribution < 1.29 is 37.3 Å². The molecule has 1 N–H and O–H groups in total. The summed E-state index contributed by atoms with van der Waals surface area (Å²) in [6, 6.07) is -0.902. The maximum Gasteiger partial charge on any atom is 0.306 e. The highest BCUT2D eigenvalue weighted by atomic mass is 31.2. The average Bonchev–Trinajstić information content (AvgIpc) is 3.44. The van der Waals surface area contributed by atoms with E-state index < -0.39 is 26.6 Å². The number of allylic oxidation sites excluding steroid dienone is 17. The van der Waals surface area contributed by atoms with Crippen LogP contribution < -0.4 is 10.2 Å². The number of hydrogen-bond donors (Lipinski definition) is 1. The van der Waals surface area contributed by atoms with E-state index in [1.165, 1.54) is 122 Å². The number of phosphoric acid groups is 1. The van der Waals surface area contributed by atoms with Crippen LogP contribution in [0.5, 0.6) is 0 Å². The summed E-state index contributed by atoms with van der Waals surface area (Å²) in [5.74, 6) is -0.560. The number of nitrogens with zero attached hydrogens (tertiary/aromatic N) is 1. The van der Waals surface area contributed by atoms with Crippen LogP contribution in [0.4, 0.5) is 0 Å². The van der Waals surface area contributed by atoms with Gasteiger partial charge in [-0.3, -0.25) is 14.2 Å². The Morgan fingerprint density at radius 2 is 0.852 bits per heavy atom. The standard InChI is InChI=1S/C71H125N2O7P/c1-7-10-13-16-19-22-25-28-30-31-32-33-34-35-36-37-38-39-40-41-43-46-49-52-55-58-61-64-71(75)80-69(62-59-56-53-50-47-44-27-24-21-18-15-12-9-3)68(67-79-81(76,77)78-66-65-73(4,5)6)72-70(74)63-60-57-54-51-48-45-42-29-26-23-20-17-14-11-8-2/h10-11,13-14,17,19-20,22-23,26,28,30,32-33,35-36,59,62,68-69H,7-9,12,15-16,18,21,24-25,27,29,31,34,37-58,60-61,63-67H2,1-6H3,(H-,72,74,76,77)/b13-10-,14-11+,20-17+,22-19-,26-23+,30-28-,33-32-,36-35-,62-59-. The second-order valence-corrected chi connectivity index (χ2v) is 24.7. The Hall–Kier alpha value is -3.33. The minimum Gasteiger partial charge on any atom is -0.756 e. The van der Waals surface area contributed by atoms with Crippen molar-refractivity contribution in [3.05, 3.63) is 109 Å². The summed E-state index contributed by atoms with van der Waals surface area (Å²) in [5, 5.41) is 3.03. The quantitative estimate of drug-likeness (QED) is 0.0161. The summed E-state index contributed by atoms with van der Waals surface area (Å²) < 4.78 is 30.4. The number of phosphoric ester groups is 1. The molecule has 9 nitrogen and oxygen atoms in total. The third kappa shape index (κ3) is 61.1. The molecule has 1 amide bonds. The van der Waals surface area contributed by atoms with E-state index in [2.05, 4.69) is 123 Å². The Kier molecular flexibility index (Phi) is 57.4. The van der Waals surface area contributed by atoms with Crippen LogP contribution in [0.2, 0.25) is 0 Å². The molecule has 81 heavy (non-hydrogen) atoms. The maximum absolute atomic E-state index is 13.5. The molecule has 0 aliphatic rings. The maximum atomic E-state index is 13.5. The Labute approximate surface area is 500 Å². The van der Waals surface area contributed by atoms with Gasteiger partial charge in [0.2, 0.25) is 5.91 Å². The van der Waals surface area contributed by atoms with E-state index in [4.69, 9.17) is 13.8 Å². The summed E-state index contributed by atoms with van der Waals surface area (Å²) in [6.07, 6.45) is 82.0. The van der Waals surface area contributed by atoms with E-state index >= 15 is 0 Å². The number of ether oxygens (including phenoxy) is 1. The second-order valence-electron chi connectivity index (χ2n) is 23.3. The first-order valence-corrected chi connectivity index (χ1v) is 34.7. The molecule has 3 unspecified atom stereocenters. The van der Waals surface area contributed by atoms with Crippen molar-refractivity contribution >= 4 is 19.7 Å². The first-order chi connectivity index (χ1) is 39.4. The molecule has 0 bridgehead atoms. The van der Waals surface area contributed by atoms with Gasteiger partial charge >= 0.3 is 5.97 Å². The molecule has 0 fully saturated rings. The molecule has 10 heteroatoms. The summed E-state index contributed by atoms with van der Waals surface area (Å²) in [5.41, 5.74) is 0. The lowest BCUT2D eigenvalue weighted by molar-refractivity contribution is -0.870. The predicted molar refractivity (Wildman–Crippen MR) is 348 cm³/mol. The minimum absolute atomic E-state index is 0.0299. The van der Waals surface area contributed by atoms with Gasteiger partial charge in [0.05, 0.1) is 33.8 Å². The summed E-state index contributed by atoms with van der Waals surface area (Å²) in [6.45, 7) is 6.59. The molecule has 0 aromatic rings. The average molecular weight is 1150 g/mol. The van der Waals surface area contributed by atoms with Crippen LogP contribution >= 0.6 is 7.82 Å². The molecule has 0 rings (SSSR count). The zero-order valence-corrected chi connectivity index (χ0v) is 54.1. The van der Waals surface area contributed by atoms with Crippen LogP contribution in [0.3, 0.4) is 0 Å². The van der Waals surface area contributed by atoms with E-state index in [9.17, 15) is 19.0 Å². The Morgan fingerprint density at radius 1 is 0.457 bits per heavy atom. The second kappa shape index (κ2) is 59.8. The third-order valence-electron chi connectivity index (χ3n) is 14.3. The van der Waals surface area contributed by atoms with Gasteiger partial charge in [0.1, 0.15) is 19.3 Å². The summed E-state index contributed by atoms with van der Waals surface area (Å²) in [7, 11) is 1.16. The van der Waals surface area contributed by atoms with Crippen LogP contribution in [0.25, 0.3) is 0 Å². The van der Waals surface area contributed by atoms with Crippen molar-refractivity contribution in [1.29, 1.82) is 0 Å². The minimum atomic E-state index is -4.71. The first-order valence-electron chi connectivity index (χ1n) is 33.2. The van der Waals surface area contributed by atoms with Gasteiger partial charge in [-0.2, -0.15) is 0 Å². The SMILES string of the molecule is CC/C=C\C/C=C\C/C=C\C/C=C\C/C=C\CCCCCCCCCCCCCC(=O)OC(/C=C\CCCCCCCCCCCCC)C(COP(=O)([O-])OCC[N+](C)(C)C)NC(=O)CCCCCCCCC/C=C/C=C/C=C/CC. The van der Waals surface area contributed by atoms with E-state index in [1.54, 1.807) is 0 Å². The van der Waals surface area contributed by atoms with Gasteiger partial charge in [-0.1, -0.05) is 278 Å². The molecular weight excluding hydrogens is 1020 g/mol. The van der Waals surface area contributed by atoms with Gasteiger partial charge in [0.15, 0.2) is 0 Å². The number of nitrogens with one attached hydrogen (secondary N) is 1. The fourth-order valence-corrected chi connectivity index (χ4v) is 9.92. The normalized spacial score (nSPS) is 14.3. The topological polar surface area (TPSA) is 114 Å². The van der Waals surface area contributed by atoms with Gasteiger partial charge in [0, 0.05) is 12.8 Å². The summed E-state index contributed by atoms with van der Waals surface area (Å²) >= 11 is 0. The largest absolute Gasteiger partial charge is 0.756 e. The Morgan fingerprint density at radius 3 is 1.32 bits per heavy atom. The fourth-order valence-electron chi connectivity index (χ4n) is 9.20. The van der Waals surface area contributed by atoms with Crippen LogP contribution in [0, 0.1) is 0 Å². The molecule has 0 saturated carbocycles. The highest BCUT2D eigenvalue weighted by Gasteiger charge is 2.27. The lowest BCUT2D eigenvalue weighted by Gasteiger charge is -2.30. The lowest BCUT2D eigenvalue weighted by atomic mass is 10.0.